The third kappa shape index (κ3) is 2.20. The van der Waals surface area contributed by atoms with Gasteiger partial charge in [-0.25, -0.2) is 9.89 Å². The summed E-state index contributed by atoms with van der Waals surface area (Å²) in [6, 6.07) is 4.77. The number of carboxylic acid groups (broad SMARTS) is 1. The molecule has 6 heteroatoms. The summed E-state index contributed by atoms with van der Waals surface area (Å²) in [5, 5.41) is 14.7. The maximum Gasteiger partial charge on any atom is 0.341 e. The molecule has 0 aliphatic heterocycles. The molecule has 2 aromatic rings. The zero-order valence-electron chi connectivity index (χ0n) is 8.97. The second-order valence-corrected chi connectivity index (χ2v) is 3.49. The van der Waals surface area contributed by atoms with Gasteiger partial charge < -0.3 is 5.11 Å². The lowest BCUT2D eigenvalue weighted by Crippen LogP contribution is -2.18. The van der Waals surface area contributed by atoms with Crippen molar-refractivity contribution in [1.82, 2.24) is 15.2 Å². The first-order valence-electron chi connectivity index (χ1n) is 4.84. The van der Waals surface area contributed by atoms with E-state index < -0.39 is 11.5 Å². The average molecular weight is 231 g/mol. The highest BCUT2D eigenvalue weighted by Crippen LogP contribution is 2.14. The summed E-state index contributed by atoms with van der Waals surface area (Å²) in [5.74, 6) is -1.28. The molecule has 0 bridgehead atoms. The van der Waals surface area contributed by atoms with E-state index in [1.165, 1.54) is 6.07 Å². The summed E-state index contributed by atoms with van der Waals surface area (Å²) >= 11 is 0. The number of carboxylic acids is 1. The van der Waals surface area contributed by atoms with E-state index in [-0.39, 0.29) is 5.56 Å². The largest absolute Gasteiger partial charge is 0.477 e. The van der Waals surface area contributed by atoms with Crippen LogP contribution in [0.4, 0.5) is 0 Å². The van der Waals surface area contributed by atoms with Gasteiger partial charge in [-0.1, -0.05) is 0 Å². The number of hydrogen-bond acceptors (Lipinski definition) is 4. The lowest BCUT2D eigenvalue weighted by Gasteiger charge is -2.01. The number of hydrogen-bond donors (Lipinski definition) is 2. The Kier molecular flexibility index (Phi) is 2.70. The number of carbonyl (C=O) groups is 1. The van der Waals surface area contributed by atoms with Gasteiger partial charge in [0.2, 0.25) is 0 Å². The minimum atomic E-state index is -1.28. The van der Waals surface area contributed by atoms with Gasteiger partial charge in [0.1, 0.15) is 5.56 Å². The van der Waals surface area contributed by atoms with Crippen molar-refractivity contribution in [3.8, 4) is 11.3 Å². The molecule has 0 spiro atoms. The predicted molar refractivity (Wildman–Crippen MR) is 59.8 cm³/mol. The molecule has 17 heavy (non-hydrogen) atoms. The SMILES string of the molecule is Cc1ccc(-c2cc(C(=O)O)c(=O)[nH]n2)cn1. The summed E-state index contributed by atoms with van der Waals surface area (Å²) < 4.78 is 0. The Balaban J connectivity index is 2.53. The number of pyridine rings is 1. The maximum atomic E-state index is 11.2. The molecule has 0 saturated heterocycles. The molecule has 2 heterocycles. The Bertz CT molecular complexity index is 617. The van der Waals surface area contributed by atoms with E-state index >= 15 is 0 Å². The van der Waals surface area contributed by atoms with Crippen LogP contribution < -0.4 is 5.56 Å². The molecule has 6 nitrogen and oxygen atoms in total. The van der Waals surface area contributed by atoms with Crippen molar-refractivity contribution in [2.75, 3.05) is 0 Å². The van der Waals surface area contributed by atoms with Gasteiger partial charge in [0.05, 0.1) is 5.69 Å². The fraction of sp³-hybridized carbons (Fsp3) is 0.0909. The number of H-pyrrole nitrogens is 1. The van der Waals surface area contributed by atoms with Gasteiger partial charge >= 0.3 is 5.97 Å². The monoisotopic (exact) mass is 231 g/mol. The fourth-order valence-corrected chi connectivity index (χ4v) is 1.33. The van der Waals surface area contributed by atoms with Crippen molar-refractivity contribution < 1.29 is 9.90 Å². The molecule has 0 amide bonds. The quantitative estimate of drug-likeness (QED) is 0.798. The number of aromatic carboxylic acids is 1. The number of nitrogens with zero attached hydrogens (tertiary/aromatic N) is 2. The van der Waals surface area contributed by atoms with Crippen LogP contribution in [0.5, 0.6) is 0 Å². The highest BCUT2D eigenvalue weighted by atomic mass is 16.4. The smallest absolute Gasteiger partial charge is 0.341 e. The van der Waals surface area contributed by atoms with Crippen LogP contribution in [0.3, 0.4) is 0 Å². The molecule has 86 valence electrons. The lowest BCUT2D eigenvalue weighted by molar-refractivity contribution is 0.0694. The Morgan fingerprint density at radius 1 is 1.41 bits per heavy atom. The third-order valence-electron chi connectivity index (χ3n) is 2.24. The molecule has 0 radical (unpaired) electrons. The number of aromatic nitrogens is 3. The molecule has 0 aromatic carbocycles. The van der Waals surface area contributed by atoms with Crippen molar-refractivity contribution in [1.29, 1.82) is 0 Å². The van der Waals surface area contributed by atoms with E-state index in [0.717, 1.165) is 5.69 Å². The van der Waals surface area contributed by atoms with Crippen LogP contribution in [0.15, 0.2) is 29.2 Å². The second kappa shape index (κ2) is 4.17. The molecule has 2 aromatic heterocycles. The number of nitrogens with one attached hydrogen (secondary N) is 1. The van der Waals surface area contributed by atoms with Crippen LogP contribution in [-0.4, -0.2) is 26.3 Å². The van der Waals surface area contributed by atoms with Crippen molar-refractivity contribution in [3.63, 3.8) is 0 Å². The summed E-state index contributed by atoms with van der Waals surface area (Å²) in [4.78, 5) is 26.1. The van der Waals surface area contributed by atoms with Crippen LogP contribution in [0.25, 0.3) is 11.3 Å². The maximum absolute atomic E-state index is 11.2. The molecule has 2 N–H and O–H groups in total. The first-order chi connectivity index (χ1) is 8.08. The molecular formula is C11H9N3O3. The van der Waals surface area contributed by atoms with E-state index in [2.05, 4.69) is 15.2 Å². The zero-order chi connectivity index (χ0) is 12.4. The molecule has 0 aliphatic carbocycles. The Labute approximate surface area is 96.0 Å². The van der Waals surface area contributed by atoms with Gasteiger partial charge in [0, 0.05) is 17.5 Å². The van der Waals surface area contributed by atoms with Crippen molar-refractivity contribution in [2.45, 2.75) is 6.92 Å². The summed E-state index contributed by atoms with van der Waals surface area (Å²) in [7, 11) is 0. The standard InChI is InChI=1S/C11H9N3O3/c1-6-2-3-7(5-12-6)9-4-8(11(16)17)10(15)14-13-9/h2-5H,1H3,(H,14,15)(H,16,17). The molecule has 0 aliphatic rings. The van der Waals surface area contributed by atoms with Crippen LogP contribution in [0.1, 0.15) is 16.1 Å². The molecular weight excluding hydrogens is 222 g/mol. The summed E-state index contributed by atoms with van der Waals surface area (Å²) in [6.07, 6.45) is 1.57. The van der Waals surface area contributed by atoms with Gasteiger partial charge in [-0.15, -0.1) is 0 Å². The van der Waals surface area contributed by atoms with E-state index in [1.54, 1.807) is 18.3 Å². The van der Waals surface area contributed by atoms with E-state index in [4.69, 9.17) is 5.11 Å². The van der Waals surface area contributed by atoms with E-state index in [0.29, 0.717) is 11.3 Å². The van der Waals surface area contributed by atoms with Crippen LogP contribution in [-0.2, 0) is 0 Å². The van der Waals surface area contributed by atoms with Crippen molar-refractivity contribution >= 4 is 5.97 Å². The molecule has 0 unspecified atom stereocenters. The highest BCUT2D eigenvalue weighted by Gasteiger charge is 2.11. The topological polar surface area (TPSA) is 95.9 Å². The summed E-state index contributed by atoms with van der Waals surface area (Å²) in [6.45, 7) is 1.84. The normalized spacial score (nSPS) is 10.2. The van der Waals surface area contributed by atoms with E-state index in [9.17, 15) is 9.59 Å². The third-order valence-corrected chi connectivity index (χ3v) is 2.24. The van der Waals surface area contributed by atoms with Crippen LogP contribution in [0, 0.1) is 6.92 Å². The first kappa shape index (κ1) is 11.0. The lowest BCUT2D eigenvalue weighted by atomic mass is 10.1. The molecule has 0 saturated carbocycles. The predicted octanol–water partition coefficient (Wildman–Crippen LogP) is 0.839. The van der Waals surface area contributed by atoms with Crippen molar-refractivity contribution in [2.24, 2.45) is 0 Å². The average Bonchev–Trinajstić information content (AvgIpc) is 2.30. The summed E-state index contributed by atoms with van der Waals surface area (Å²) in [5.41, 5.74) is 0.803. The van der Waals surface area contributed by atoms with Gasteiger partial charge in [-0.2, -0.15) is 5.10 Å². The van der Waals surface area contributed by atoms with E-state index in [1.807, 2.05) is 6.92 Å². The second-order valence-electron chi connectivity index (χ2n) is 3.49. The van der Waals surface area contributed by atoms with Crippen LogP contribution >= 0.6 is 0 Å². The highest BCUT2D eigenvalue weighted by molar-refractivity contribution is 5.88. The van der Waals surface area contributed by atoms with Gasteiger partial charge in [0.25, 0.3) is 5.56 Å². The van der Waals surface area contributed by atoms with Gasteiger partial charge in [-0.3, -0.25) is 9.78 Å². The molecule has 0 atom stereocenters. The van der Waals surface area contributed by atoms with Crippen LogP contribution in [0.2, 0.25) is 0 Å². The molecule has 0 fully saturated rings. The Morgan fingerprint density at radius 3 is 2.76 bits per heavy atom. The van der Waals surface area contributed by atoms with Gasteiger partial charge in [-0.05, 0) is 25.1 Å². The minimum Gasteiger partial charge on any atom is -0.477 e. The number of rotatable bonds is 2. The fourth-order valence-electron chi connectivity index (χ4n) is 1.33. The Hall–Kier alpha value is -2.50. The first-order valence-corrected chi connectivity index (χ1v) is 4.84. The van der Waals surface area contributed by atoms with Gasteiger partial charge in [0.15, 0.2) is 0 Å². The number of aryl methyl sites for hydroxylation is 1. The van der Waals surface area contributed by atoms with Crippen molar-refractivity contribution in [3.05, 3.63) is 46.0 Å². The zero-order valence-corrected chi connectivity index (χ0v) is 8.97. The molecule has 2 rings (SSSR count). The Morgan fingerprint density at radius 2 is 2.18 bits per heavy atom. The minimum absolute atomic E-state index is 0.337. The number of aromatic amines is 1.